The summed E-state index contributed by atoms with van der Waals surface area (Å²) in [6.07, 6.45) is 1.35. The van der Waals surface area contributed by atoms with Crippen molar-refractivity contribution in [1.29, 1.82) is 0 Å². The molecule has 86 valence electrons. The molecule has 0 unspecified atom stereocenters. The largest absolute Gasteiger partial charge is 0.438 e. The highest BCUT2D eigenvalue weighted by molar-refractivity contribution is 6.33. The molecule has 3 rings (SSSR count). The van der Waals surface area contributed by atoms with E-state index in [1.54, 1.807) is 12.1 Å². The van der Waals surface area contributed by atoms with Crippen molar-refractivity contribution < 1.29 is 8.83 Å². The zero-order valence-corrected chi connectivity index (χ0v) is 9.65. The van der Waals surface area contributed by atoms with Crippen LogP contribution >= 0.6 is 11.6 Å². The fraction of sp³-hybridized carbons (Fsp3) is 0.0909. The Kier molecular flexibility index (Phi) is 2.09. The second-order valence-electron chi connectivity index (χ2n) is 3.63. The number of hydrogen-bond donors (Lipinski definition) is 1. The lowest BCUT2D eigenvalue weighted by atomic mass is 10.3. The summed E-state index contributed by atoms with van der Waals surface area (Å²) in [5.41, 5.74) is 8.06. The molecule has 2 N–H and O–H groups in total. The van der Waals surface area contributed by atoms with Gasteiger partial charge < -0.3 is 14.6 Å². The second kappa shape index (κ2) is 3.49. The summed E-state index contributed by atoms with van der Waals surface area (Å²) in [7, 11) is 0. The van der Waals surface area contributed by atoms with E-state index in [1.807, 2.05) is 6.92 Å². The molecule has 6 heteroatoms. The summed E-state index contributed by atoms with van der Waals surface area (Å²) in [5, 5.41) is 0.451. The average Bonchev–Trinajstić information content (AvgIpc) is 2.85. The summed E-state index contributed by atoms with van der Waals surface area (Å²) < 4.78 is 10.8. The first-order valence-electron chi connectivity index (χ1n) is 4.91. The maximum atomic E-state index is 5.91. The molecule has 0 bridgehead atoms. The van der Waals surface area contributed by atoms with Crippen LogP contribution in [-0.4, -0.2) is 9.97 Å². The number of aromatic nitrogens is 2. The second-order valence-corrected chi connectivity index (χ2v) is 4.03. The van der Waals surface area contributed by atoms with Crippen LogP contribution in [0.5, 0.6) is 0 Å². The fourth-order valence-corrected chi connectivity index (χ4v) is 1.73. The highest BCUT2D eigenvalue weighted by atomic mass is 35.5. The maximum absolute atomic E-state index is 5.91. The van der Waals surface area contributed by atoms with Crippen LogP contribution in [0.4, 0.5) is 5.69 Å². The van der Waals surface area contributed by atoms with Crippen LogP contribution in [0.2, 0.25) is 5.02 Å². The van der Waals surface area contributed by atoms with Crippen LogP contribution < -0.4 is 5.73 Å². The minimum Gasteiger partial charge on any atom is -0.438 e. The van der Waals surface area contributed by atoms with Crippen molar-refractivity contribution in [3.63, 3.8) is 0 Å². The number of fused-ring (bicyclic) bond motifs is 1. The Hall–Kier alpha value is -2.01. The first-order chi connectivity index (χ1) is 8.15. The molecule has 0 saturated carbocycles. The highest BCUT2D eigenvalue weighted by Gasteiger charge is 2.15. The lowest BCUT2D eigenvalue weighted by Crippen LogP contribution is -1.84. The van der Waals surface area contributed by atoms with E-state index in [0.717, 1.165) is 5.69 Å². The Balaban J connectivity index is 2.24. The number of nitrogens with two attached hydrogens (primary N) is 1. The van der Waals surface area contributed by atoms with Gasteiger partial charge in [-0.1, -0.05) is 11.6 Å². The third kappa shape index (κ3) is 1.55. The predicted octanol–water partition coefficient (Wildman–Crippen LogP) is 3.03. The molecule has 3 aromatic rings. The van der Waals surface area contributed by atoms with Gasteiger partial charge in [0.25, 0.3) is 5.89 Å². The van der Waals surface area contributed by atoms with Crippen LogP contribution in [0.25, 0.3) is 22.8 Å². The summed E-state index contributed by atoms with van der Waals surface area (Å²) in [5.74, 6) is 0.882. The highest BCUT2D eigenvalue weighted by Crippen LogP contribution is 2.30. The SMILES string of the molecule is Cc1ncoc1-c1nc2cc(Cl)c(N)cc2o1. The molecule has 2 heterocycles. The van der Waals surface area contributed by atoms with Gasteiger partial charge in [-0.05, 0) is 13.0 Å². The smallest absolute Gasteiger partial charge is 0.265 e. The molecule has 1 aromatic carbocycles. The van der Waals surface area contributed by atoms with Gasteiger partial charge in [0, 0.05) is 6.07 Å². The molecule has 0 saturated heterocycles. The number of aryl methyl sites for hydroxylation is 1. The van der Waals surface area contributed by atoms with Crippen LogP contribution in [0, 0.1) is 6.92 Å². The molecular weight excluding hydrogens is 242 g/mol. The number of oxazole rings is 2. The van der Waals surface area contributed by atoms with Crippen LogP contribution in [0.1, 0.15) is 5.69 Å². The van der Waals surface area contributed by atoms with Crippen LogP contribution in [0.15, 0.2) is 27.4 Å². The van der Waals surface area contributed by atoms with Gasteiger partial charge in [0.2, 0.25) is 5.76 Å². The topological polar surface area (TPSA) is 78.1 Å². The monoisotopic (exact) mass is 249 g/mol. The van der Waals surface area contributed by atoms with Crippen LogP contribution in [-0.2, 0) is 0 Å². The van der Waals surface area contributed by atoms with E-state index in [9.17, 15) is 0 Å². The first kappa shape index (κ1) is 10.2. The average molecular weight is 250 g/mol. The third-order valence-electron chi connectivity index (χ3n) is 2.45. The summed E-state index contributed by atoms with van der Waals surface area (Å²) >= 11 is 5.91. The Morgan fingerprint density at radius 3 is 2.88 bits per heavy atom. The molecule has 0 radical (unpaired) electrons. The van der Waals surface area contributed by atoms with Crippen molar-refractivity contribution in [2.24, 2.45) is 0 Å². The minimum atomic E-state index is 0.372. The molecule has 0 spiro atoms. The number of nitrogen functional groups attached to an aromatic ring is 1. The standard InChI is InChI=1S/C11H8ClN3O2/c1-5-10(16-4-14-5)11-15-8-2-6(12)7(13)3-9(8)17-11/h2-4H,13H2,1H3. The number of rotatable bonds is 1. The fourth-order valence-electron chi connectivity index (χ4n) is 1.57. The molecule has 0 atom stereocenters. The number of benzene rings is 1. The molecule has 0 amide bonds. The van der Waals surface area contributed by atoms with E-state index in [2.05, 4.69) is 9.97 Å². The molecule has 5 nitrogen and oxygen atoms in total. The number of hydrogen-bond acceptors (Lipinski definition) is 5. The summed E-state index contributed by atoms with van der Waals surface area (Å²) in [6, 6.07) is 3.30. The molecule has 17 heavy (non-hydrogen) atoms. The molecular formula is C11H8ClN3O2. The van der Waals surface area contributed by atoms with E-state index in [1.165, 1.54) is 6.39 Å². The van der Waals surface area contributed by atoms with E-state index in [-0.39, 0.29) is 0 Å². The van der Waals surface area contributed by atoms with Gasteiger partial charge in [-0.3, -0.25) is 0 Å². The van der Waals surface area contributed by atoms with Gasteiger partial charge in [-0.15, -0.1) is 0 Å². The molecule has 0 aliphatic rings. The zero-order chi connectivity index (χ0) is 12.0. The van der Waals surface area contributed by atoms with Crippen molar-refractivity contribution in [3.05, 3.63) is 29.2 Å². The Morgan fingerprint density at radius 1 is 1.35 bits per heavy atom. The summed E-state index contributed by atoms with van der Waals surface area (Å²) in [6.45, 7) is 1.81. The third-order valence-corrected chi connectivity index (χ3v) is 2.77. The van der Waals surface area contributed by atoms with E-state index in [0.29, 0.717) is 33.5 Å². The summed E-state index contributed by atoms with van der Waals surface area (Å²) in [4.78, 5) is 8.26. The van der Waals surface area contributed by atoms with Crippen molar-refractivity contribution in [1.82, 2.24) is 9.97 Å². The molecule has 0 aliphatic heterocycles. The van der Waals surface area contributed by atoms with Crippen molar-refractivity contribution in [2.75, 3.05) is 5.73 Å². The van der Waals surface area contributed by atoms with Gasteiger partial charge in [-0.25, -0.2) is 9.97 Å². The van der Waals surface area contributed by atoms with Crippen molar-refractivity contribution >= 4 is 28.4 Å². The Morgan fingerprint density at radius 2 is 2.18 bits per heavy atom. The van der Waals surface area contributed by atoms with E-state index in [4.69, 9.17) is 26.2 Å². The molecule has 0 aliphatic carbocycles. The Bertz CT molecular complexity index is 663. The number of anilines is 1. The minimum absolute atomic E-state index is 0.372. The van der Waals surface area contributed by atoms with Gasteiger partial charge in [0.05, 0.1) is 16.4 Å². The first-order valence-corrected chi connectivity index (χ1v) is 5.29. The maximum Gasteiger partial charge on any atom is 0.265 e. The van der Waals surface area contributed by atoms with Gasteiger partial charge >= 0.3 is 0 Å². The van der Waals surface area contributed by atoms with Crippen molar-refractivity contribution in [2.45, 2.75) is 6.92 Å². The van der Waals surface area contributed by atoms with Crippen LogP contribution in [0.3, 0.4) is 0 Å². The van der Waals surface area contributed by atoms with E-state index >= 15 is 0 Å². The quantitative estimate of drug-likeness (QED) is 0.671. The van der Waals surface area contributed by atoms with Crippen molar-refractivity contribution in [3.8, 4) is 11.7 Å². The van der Waals surface area contributed by atoms with Gasteiger partial charge in [0.15, 0.2) is 12.0 Å². The predicted molar refractivity (Wildman–Crippen MR) is 63.7 cm³/mol. The normalized spacial score (nSPS) is 11.2. The van der Waals surface area contributed by atoms with E-state index < -0.39 is 0 Å². The zero-order valence-electron chi connectivity index (χ0n) is 8.90. The van der Waals surface area contributed by atoms with Gasteiger partial charge in [0.1, 0.15) is 5.52 Å². The lowest BCUT2D eigenvalue weighted by molar-refractivity contribution is 0.529. The number of nitrogens with zero attached hydrogens (tertiary/aromatic N) is 2. The Labute approximate surface area is 101 Å². The number of halogens is 1. The lowest BCUT2D eigenvalue weighted by Gasteiger charge is -1.94. The molecule has 0 fully saturated rings. The molecule has 2 aromatic heterocycles. The van der Waals surface area contributed by atoms with Gasteiger partial charge in [-0.2, -0.15) is 0 Å².